The monoisotopic (exact) mass is 386 g/mol. The smallest absolute Gasteiger partial charge is 0.251 e. The Balaban J connectivity index is 1.60. The van der Waals surface area contributed by atoms with Gasteiger partial charge in [-0.1, -0.05) is 42.1 Å². The highest BCUT2D eigenvalue weighted by atomic mass is 32.2. The fourth-order valence-corrected chi connectivity index (χ4v) is 3.76. The number of carbonyl (C=O) groups excluding carboxylic acids is 2. The first kappa shape index (κ1) is 19.2. The topological polar surface area (TPSA) is 86.4 Å². The van der Waals surface area contributed by atoms with Crippen molar-refractivity contribution in [2.24, 2.45) is 0 Å². The second kappa shape index (κ2) is 8.85. The molecule has 0 radical (unpaired) electrons. The minimum Gasteiger partial charge on any atom is -0.339 e. The van der Waals surface area contributed by atoms with Crippen molar-refractivity contribution < 1.29 is 9.59 Å². The van der Waals surface area contributed by atoms with E-state index in [1.54, 1.807) is 9.80 Å². The van der Waals surface area contributed by atoms with Gasteiger partial charge >= 0.3 is 0 Å². The maximum Gasteiger partial charge on any atom is 0.251 e. The van der Waals surface area contributed by atoms with Crippen LogP contribution in [0.15, 0.2) is 46.3 Å². The van der Waals surface area contributed by atoms with Crippen LogP contribution in [-0.4, -0.2) is 57.8 Å². The van der Waals surface area contributed by atoms with Crippen molar-refractivity contribution in [1.82, 2.24) is 19.8 Å². The molecule has 3 rings (SSSR count). The third-order valence-corrected chi connectivity index (χ3v) is 5.35. The maximum absolute atomic E-state index is 12.5. The number of aromatic nitrogens is 2. The molecular formula is C19H22N4O3S. The van der Waals surface area contributed by atoms with Gasteiger partial charge in [0, 0.05) is 44.9 Å². The van der Waals surface area contributed by atoms with Gasteiger partial charge in [0.1, 0.15) is 0 Å². The van der Waals surface area contributed by atoms with Gasteiger partial charge in [-0.2, -0.15) is 0 Å². The summed E-state index contributed by atoms with van der Waals surface area (Å²) < 4.78 is 0. The third kappa shape index (κ3) is 5.43. The number of carbonyl (C=O) groups is 2. The summed E-state index contributed by atoms with van der Waals surface area (Å²) in [4.78, 5) is 46.4. The molecule has 0 saturated carbocycles. The first-order chi connectivity index (χ1) is 13.0. The quantitative estimate of drug-likeness (QED) is 0.618. The molecular weight excluding hydrogens is 364 g/mol. The van der Waals surface area contributed by atoms with Gasteiger partial charge in [-0.25, -0.2) is 4.98 Å². The van der Waals surface area contributed by atoms with Crippen LogP contribution < -0.4 is 5.56 Å². The predicted molar refractivity (Wildman–Crippen MR) is 103 cm³/mol. The molecule has 1 aromatic carbocycles. The Labute approximate surface area is 161 Å². The highest BCUT2D eigenvalue weighted by molar-refractivity contribution is 7.98. The molecule has 2 amide bonds. The van der Waals surface area contributed by atoms with Crippen molar-refractivity contribution >= 4 is 23.6 Å². The minimum atomic E-state index is -0.259. The van der Waals surface area contributed by atoms with E-state index in [-0.39, 0.29) is 23.8 Å². The van der Waals surface area contributed by atoms with E-state index in [0.717, 1.165) is 5.56 Å². The van der Waals surface area contributed by atoms with Gasteiger partial charge in [-0.05, 0) is 5.56 Å². The Bertz CT molecular complexity index is 861. The Morgan fingerprint density at radius 1 is 1.11 bits per heavy atom. The zero-order chi connectivity index (χ0) is 19.2. The second-order valence-electron chi connectivity index (χ2n) is 6.38. The number of hydrogen-bond acceptors (Lipinski definition) is 5. The summed E-state index contributed by atoms with van der Waals surface area (Å²) in [7, 11) is 0. The lowest BCUT2D eigenvalue weighted by atomic mass is 10.2. The Morgan fingerprint density at radius 2 is 1.78 bits per heavy atom. The summed E-state index contributed by atoms with van der Waals surface area (Å²) in [5.74, 6) is 0.641. The molecule has 1 saturated heterocycles. The summed E-state index contributed by atoms with van der Waals surface area (Å²) in [6, 6.07) is 11.3. The van der Waals surface area contributed by atoms with Crippen molar-refractivity contribution in [1.29, 1.82) is 0 Å². The molecule has 0 spiro atoms. The van der Waals surface area contributed by atoms with Gasteiger partial charge in [0.2, 0.25) is 11.8 Å². The van der Waals surface area contributed by atoms with E-state index < -0.39 is 0 Å². The molecule has 27 heavy (non-hydrogen) atoms. The first-order valence-electron chi connectivity index (χ1n) is 8.81. The number of amides is 2. The highest BCUT2D eigenvalue weighted by Crippen LogP contribution is 2.18. The molecule has 0 bridgehead atoms. The van der Waals surface area contributed by atoms with Crippen molar-refractivity contribution in [2.75, 3.05) is 26.2 Å². The lowest BCUT2D eigenvalue weighted by Gasteiger charge is -2.34. The summed E-state index contributed by atoms with van der Waals surface area (Å²) in [5.41, 5.74) is 1.34. The SMILES string of the molecule is CC(=O)N1CCN(C(=O)Cc2cc(=O)[nH]c(SCc3ccccc3)n2)CC1. The maximum atomic E-state index is 12.5. The van der Waals surface area contributed by atoms with E-state index in [2.05, 4.69) is 9.97 Å². The molecule has 142 valence electrons. The third-order valence-electron chi connectivity index (χ3n) is 4.40. The fourth-order valence-electron chi connectivity index (χ4n) is 2.91. The first-order valence-corrected chi connectivity index (χ1v) is 9.80. The molecule has 7 nitrogen and oxygen atoms in total. The molecule has 0 atom stereocenters. The van der Waals surface area contributed by atoms with E-state index in [4.69, 9.17) is 0 Å². The molecule has 0 unspecified atom stereocenters. The van der Waals surface area contributed by atoms with Crippen molar-refractivity contribution in [3.8, 4) is 0 Å². The molecule has 1 aromatic heterocycles. The number of nitrogens with zero attached hydrogens (tertiary/aromatic N) is 3. The van der Waals surface area contributed by atoms with E-state index in [1.165, 1.54) is 24.8 Å². The molecule has 1 fully saturated rings. The van der Waals surface area contributed by atoms with Gasteiger partial charge in [-0.3, -0.25) is 14.4 Å². The predicted octanol–water partition coefficient (Wildman–Crippen LogP) is 1.30. The molecule has 8 heteroatoms. The lowest BCUT2D eigenvalue weighted by molar-refractivity contribution is -0.138. The fraction of sp³-hybridized carbons (Fsp3) is 0.368. The van der Waals surface area contributed by atoms with Gasteiger partial charge in [0.25, 0.3) is 5.56 Å². The van der Waals surface area contributed by atoms with Crippen LogP contribution in [0.4, 0.5) is 0 Å². The highest BCUT2D eigenvalue weighted by Gasteiger charge is 2.22. The lowest BCUT2D eigenvalue weighted by Crippen LogP contribution is -2.50. The standard InChI is InChI=1S/C19H22N4O3S/c1-14(24)22-7-9-23(10-8-22)18(26)12-16-11-17(25)21-19(20-16)27-13-15-5-3-2-4-6-15/h2-6,11H,7-10,12-13H2,1H3,(H,20,21,25). The molecule has 2 aromatic rings. The van der Waals surface area contributed by atoms with Crippen molar-refractivity contribution in [3.05, 3.63) is 58.0 Å². The zero-order valence-corrected chi connectivity index (χ0v) is 16.0. The average molecular weight is 386 g/mol. The number of H-pyrrole nitrogens is 1. The zero-order valence-electron chi connectivity index (χ0n) is 15.2. The van der Waals surface area contributed by atoms with Crippen LogP contribution in [0.1, 0.15) is 18.2 Å². The largest absolute Gasteiger partial charge is 0.339 e. The number of rotatable bonds is 5. The van der Waals surface area contributed by atoms with Crippen molar-refractivity contribution in [2.45, 2.75) is 24.3 Å². The van der Waals surface area contributed by atoms with Crippen LogP contribution in [0.5, 0.6) is 0 Å². The molecule has 0 aliphatic carbocycles. The van der Waals surface area contributed by atoms with E-state index >= 15 is 0 Å². The number of thioether (sulfide) groups is 1. The Morgan fingerprint density at radius 3 is 2.44 bits per heavy atom. The van der Waals surface area contributed by atoms with Gasteiger partial charge in [-0.15, -0.1) is 0 Å². The van der Waals surface area contributed by atoms with Crippen LogP contribution in [0, 0.1) is 0 Å². The minimum absolute atomic E-state index is 0.0263. The number of benzene rings is 1. The normalized spacial score (nSPS) is 14.3. The van der Waals surface area contributed by atoms with E-state index in [1.807, 2.05) is 30.3 Å². The van der Waals surface area contributed by atoms with E-state index in [0.29, 0.717) is 42.8 Å². The van der Waals surface area contributed by atoms with Crippen molar-refractivity contribution in [3.63, 3.8) is 0 Å². The number of aromatic amines is 1. The van der Waals surface area contributed by atoms with Gasteiger partial charge < -0.3 is 14.8 Å². The van der Waals surface area contributed by atoms with Crippen LogP contribution in [-0.2, 0) is 21.8 Å². The van der Waals surface area contributed by atoms with Crippen LogP contribution in [0.3, 0.4) is 0 Å². The summed E-state index contributed by atoms with van der Waals surface area (Å²) in [5, 5.41) is 0.510. The van der Waals surface area contributed by atoms with Crippen LogP contribution >= 0.6 is 11.8 Å². The number of nitrogens with one attached hydrogen (secondary N) is 1. The van der Waals surface area contributed by atoms with Crippen LogP contribution in [0.2, 0.25) is 0 Å². The summed E-state index contributed by atoms with van der Waals surface area (Å²) in [6.45, 7) is 3.64. The molecule has 1 N–H and O–H groups in total. The summed E-state index contributed by atoms with van der Waals surface area (Å²) >= 11 is 1.43. The Kier molecular flexibility index (Phi) is 6.28. The van der Waals surface area contributed by atoms with Gasteiger partial charge in [0.05, 0.1) is 12.1 Å². The number of hydrogen-bond donors (Lipinski definition) is 1. The second-order valence-corrected chi connectivity index (χ2v) is 7.34. The Hall–Kier alpha value is -2.61. The number of piperazine rings is 1. The van der Waals surface area contributed by atoms with E-state index in [9.17, 15) is 14.4 Å². The molecule has 2 heterocycles. The average Bonchev–Trinajstić information content (AvgIpc) is 2.67. The molecule has 1 aliphatic rings. The summed E-state index contributed by atoms with van der Waals surface area (Å²) in [6.07, 6.45) is 0.0862. The van der Waals surface area contributed by atoms with Crippen LogP contribution in [0.25, 0.3) is 0 Å². The molecule has 1 aliphatic heterocycles. The van der Waals surface area contributed by atoms with Gasteiger partial charge in [0.15, 0.2) is 5.16 Å².